The molecule has 0 radical (unpaired) electrons. The maximum Gasteiger partial charge on any atom is 0.0762 e. The van der Waals surface area contributed by atoms with Crippen molar-refractivity contribution in [3.63, 3.8) is 0 Å². The molecular formula is C15H25N3S. The first-order valence-corrected chi connectivity index (χ1v) is 8.92. The SMILES string of the molecule is c1cn(C2CCCCC2)nc1CNC1CCSCC1. The molecule has 1 aliphatic carbocycles. The van der Waals surface area contributed by atoms with Crippen LogP contribution in [-0.2, 0) is 6.54 Å². The van der Waals surface area contributed by atoms with Crippen LogP contribution in [0, 0.1) is 0 Å². The summed E-state index contributed by atoms with van der Waals surface area (Å²) in [6, 6.07) is 3.56. The van der Waals surface area contributed by atoms with Gasteiger partial charge in [0.1, 0.15) is 0 Å². The number of hydrogen-bond acceptors (Lipinski definition) is 3. The van der Waals surface area contributed by atoms with Gasteiger partial charge in [-0.3, -0.25) is 4.68 Å². The van der Waals surface area contributed by atoms with Gasteiger partial charge in [-0.25, -0.2) is 0 Å². The average Bonchev–Trinajstić information content (AvgIpc) is 2.96. The summed E-state index contributed by atoms with van der Waals surface area (Å²) in [5.74, 6) is 2.63. The fraction of sp³-hybridized carbons (Fsp3) is 0.800. The van der Waals surface area contributed by atoms with E-state index in [1.54, 1.807) is 0 Å². The third-order valence-corrected chi connectivity index (χ3v) is 5.45. The summed E-state index contributed by atoms with van der Waals surface area (Å²) in [4.78, 5) is 0. The molecule has 0 unspecified atom stereocenters. The van der Waals surface area contributed by atoms with E-state index in [0.29, 0.717) is 12.1 Å². The van der Waals surface area contributed by atoms with E-state index in [1.807, 2.05) is 0 Å². The number of nitrogens with zero attached hydrogens (tertiary/aromatic N) is 2. The monoisotopic (exact) mass is 279 g/mol. The molecule has 1 aromatic rings. The highest BCUT2D eigenvalue weighted by Gasteiger charge is 2.17. The fourth-order valence-electron chi connectivity index (χ4n) is 3.17. The molecule has 1 N–H and O–H groups in total. The van der Waals surface area contributed by atoms with Crippen LogP contribution in [0.1, 0.15) is 56.7 Å². The second kappa shape index (κ2) is 6.80. The highest BCUT2D eigenvalue weighted by molar-refractivity contribution is 7.99. The number of thioether (sulfide) groups is 1. The number of aromatic nitrogens is 2. The third-order valence-electron chi connectivity index (χ3n) is 4.41. The van der Waals surface area contributed by atoms with E-state index in [4.69, 9.17) is 5.10 Å². The third kappa shape index (κ3) is 3.76. The number of nitrogens with one attached hydrogen (secondary N) is 1. The molecule has 0 atom stereocenters. The molecule has 2 fully saturated rings. The Balaban J connectivity index is 1.49. The molecule has 0 spiro atoms. The van der Waals surface area contributed by atoms with Gasteiger partial charge in [0.05, 0.1) is 11.7 Å². The minimum absolute atomic E-state index is 0.661. The molecule has 0 amide bonds. The number of hydrogen-bond donors (Lipinski definition) is 1. The van der Waals surface area contributed by atoms with Gasteiger partial charge in [-0.2, -0.15) is 16.9 Å². The Morgan fingerprint density at radius 1 is 1.16 bits per heavy atom. The van der Waals surface area contributed by atoms with Crippen molar-refractivity contribution in [3.05, 3.63) is 18.0 Å². The molecular weight excluding hydrogens is 254 g/mol. The summed E-state index contributed by atoms with van der Waals surface area (Å²) in [6.07, 6.45) is 11.6. The predicted molar refractivity (Wildman–Crippen MR) is 81.5 cm³/mol. The second-order valence-corrected chi connectivity index (χ2v) is 7.07. The van der Waals surface area contributed by atoms with Crippen LogP contribution in [0.15, 0.2) is 12.3 Å². The van der Waals surface area contributed by atoms with Crippen molar-refractivity contribution >= 4 is 11.8 Å². The van der Waals surface area contributed by atoms with Crippen LogP contribution >= 0.6 is 11.8 Å². The highest BCUT2D eigenvalue weighted by atomic mass is 32.2. The molecule has 2 heterocycles. The van der Waals surface area contributed by atoms with Crippen LogP contribution in [0.2, 0.25) is 0 Å². The van der Waals surface area contributed by atoms with Gasteiger partial charge in [0.2, 0.25) is 0 Å². The summed E-state index contributed by atoms with van der Waals surface area (Å²) >= 11 is 2.08. The zero-order valence-corrected chi connectivity index (χ0v) is 12.5. The minimum atomic E-state index is 0.661. The van der Waals surface area contributed by atoms with E-state index in [0.717, 1.165) is 6.54 Å². The lowest BCUT2D eigenvalue weighted by Gasteiger charge is -2.22. The van der Waals surface area contributed by atoms with Gasteiger partial charge in [-0.05, 0) is 43.3 Å². The van der Waals surface area contributed by atoms with Crippen molar-refractivity contribution in [1.29, 1.82) is 0 Å². The van der Waals surface area contributed by atoms with Gasteiger partial charge in [-0.1, -0.05) is 19.3 Å². The Hall–Kier alpha value is -0.480. The zero-order valence-electron chi connectivity index (χ0n) is 11.7. The van der Waals surface area contributed by atoms with Crippen molar-refractivity contribution in [2.24, 2.45) is 0 Å². The lowest BCUT2D eigenvalue weighted by atomic mass is 9.96. The van der Waals surface area contributed by atoms with Crippen molar-refractivity contribution in [2.45, 2.75) is 63.6 Å². The smallest absolute Gasteiger partial charge is 0.0762 e. The van der Waals surface area contributed by atoms with Crippen molar-refractivity contribution in [3.8, 4) is 0 Å². The molecule has 0 aromatic carbocycles. The molecule has 1 aromatic heterocycles. The molecule has 106 valence electrons. The Morgan fingerprint density at radius 2 is 1.95 bits per heavy atom. The van der Waals surface area contributed by atoms with E-state index in [9.17, 15) is 0 Å². The van der Waals surface area contributed by atoms with Gasteiger partial charge >= 0.3 is 0 Å². The van der Waals surface area contributed by atoms with Gasteiger partial charge in [0.15, 0.2) is 0 Å². The van der Waals surface area contributed by atoms with E-state index in [2.05, 4.69) is 34.0 Å². The maximum absolute atomic E-state index is 4.77. The first-order chi connectivity index (χ1) is 9.42. The van der Waals surface area contributed by atoms with Gasteiger partial charge < -0.3 is 5.32 Å². The highest BCUT2D eigenvalue weighted by Crippen LogP contribution is 2.27. The Kier molecular flexibility index (Phi) is 4.83. The maximum atomic E-state index is 4.77. The van der Waals surface area contributed by atoms with Crippen molar-refractivity contribution in [2.75, 3.05) is 11.5 Å². The van der Waals surface area contributed by atoms with E-state index in [1.165, 1.54) is 62.1 Å². The first kappa shape index (κ1) is 13.5. The fourth-order valence-corrected chi connectivity index (χ4v) is 4.28. The Bertz CT molecular complexity index is 378. The second-order valence-electron chi connectivity index (χ2n) is 5.85. The topological polar surface area (TPSA) is 29.9 Å². The molecule has 1 saturated heterocycles. The van der Waals surface area contributed by atoms with Crippen LogP contribution in [0.25, 0.3) is 0 Å². The van der Waals surface area contributed by atoms with Crippen molar-refractivity contribution < 1.29 is 0 Å². The van der Waals surface area contributed by atoms with Crippen molar-refractivity contribution in [1.82, 2.24) is 15.1 Å². The molecule has 19 heavy (non-hydrogen) atoms. The Labute approximate surface area is 120 Å². The number of rotatable bonds is 4. The van der Waals surface area contributed by atoms with Gasteiger partial charge in [-0.15, -0.1) is 0 Å². The van der Waals surface area contributed by atoms with Crippen LogP contribution < -0.4 is 5.32 Å². The summed E-state index contributed by atoms with van der Waals surface area (Å²) in [5, 5.41) is 8.43. The van der Waals surface area contributed by atoms with Crippen LogP contribution in [0.5, 0.6) is 0 Å². The average molecular weight is 279 g/mol. The van der Waals surface area contributed by atoms with Crippen LogP contribution in [0.3, 0.4) is 0 Å². The van der Waals surface area contributed by atoms with Crippen LogP contribution in [-0.4, -0.2) is 27.3 Å². The molecule has 2 aliphatic rings. The summed E-state index contributed by atoms with van der Waals surface area (Å²) in [5.41, 5.74) is 1.21. The van der Waals surface area contributed by atoms with E-state index >= 15 is 0 Å². The van der Waals surface area contributed by atoms with Crippen LogP contribution in [0.4, 0.5) is 0 Å². The molecule has 4 heteroatoms. The zero-order chi connectivity index (χ0) is 12.9. The molecule has 0 bridgehead atoms. The molecule has 3 nitrogen and oxygen atoms in total. The quantitative estimate of drug-likeness (QED) is 0.916. The summed E-state index contributed by atoms with van der Waals surface area (Å²) < 4.78 is 2.22. The molecule has 3 rings (SSSR count). The molecule has 1 saturated carbocycles. The standard InChI is InChI=1S/C15H25N3S/c1-2-4-15(5-3-1)18-9-6-14(17-18)12-16-13-7-10-19-11-8-13/h6,9,13,15-16H,1-5,7-8,10-12H2. The summed E-state index contributed by atoms with van der Waals surface area (Å²) in [6.45, 7) is 0.940. The summed E-state index contributed by atoms with van der Waals surface area (Å²) in [7, 11) is 0. The Morgan fingerprint density at radius 3 is 2.74 bits per heavy atom. The minimum Gasteiger partial charge on any atom is -0.308 e. The predicted octanol–water partition coefficient (Wildman–Crippen LogP) is 3.37. The largest absolute Gasteiger partial charge is 0.308 e. The van der Waals surface area contributed by atoms with E-state index < -0.39 is 0 Å². The van der Waals surface area contributed by atoms with Gasteiger partial charge in [0.25, 0.3) is 0 Å². The normalized spacial score (nSPS) is 22.7. The lowest BCUT2D eigenvalue weighted by Crippen LogP contribution is -2.32. The molecule has 1 aliphatic heterocycles. The van der Waals surface area contributed by atoms with Gasteiger partial charge in [0, 0.05) is 18.8 Å². The first-order valence-electron chi connectivity index (χ1n) is 7.77. The van der Waals surface area contributed by atoms with E-state index in [-0.39, 0.29) is 0 Å². The lowest BCUT2D eigenvalue weighted by molar-refractivity contribution is 0.327.